The fraction of sp³-hybridized carbons (Fsp3) is 0.0769. The number of nitrogens with zero attached hydrogens (tertiary/aromatic N) is 1. The van der Waals surface area contributed by atoms with E-state index < -0.39 is 17.8 Å². The summed E-state index contributed by atoms with van der Waals surface area (Å²) in [5.74, 6) is -1.81. The molecular weight excluding hydrogens is 491 g/mol. The van der Waals surface area contributed by atoms with Gasteiger partial charge in [-0.3, -0.25) is 4.79 Å². The highest BCUT2D eigenvalue weighted by atomic mass is 35.5. The summed E-state index contributed by atoms with van der Waals surface area (Å²) < 4.78 is 9.51. The van der Waals surface area contributed by atoms with Crippen molar-refractivity contribution >= 4 is 57.6 Å². The topological polar surface area (TPSA) is 94.6 Å². The molecule has 0 saturated heterocycles. The SMILES string of the molecule is COC(=O)c1cc(NC(=O)c2cc(-c3ccc(Cl)cc3Cl)nc3ccccc23)cc(C(=O)OC)c1. The average Bonchev–Trinajstić information content (AvgIpc) is 2.86. The fourth-order valence-corrected chi connectivity index (χ4v) is 4.07. The zero-order valence-electron chi connectivity index (χ0n) is 18.6. The van der Waals surface area contributed by atoms with Gasteiger partial charge in [0, 0.05) is 21.7 Å². The van der Waals surface area contributed by atoms with Crippen LogP contribution in [0, 0.1) is 0 Å². The Hall–Kier alpha value is -3.94. The first-order chi connectivity index (χ1) is 16.8. The van der Waals surface area contributed by atoms with Crippen molar-refractivity contribution in [1.29, 1.82) is 0 Å². The van der Waals surface area contributed by atoms with Gasteiger partial charge in [-0.1, -0.05) is 41.4 Å². The minimum Gasteiger partial charge on any atom is -0.465 e. The molecule has 4 rings (SSSR count). The summed E-state index contributed by atoms with van der Waals surface area (Å²) >= 11 is 12.4. The molecule has 0 saturated carbocycles. The van der Waals surface area contributed by atoms with E-state index in [0.29, 0.717) is 37.8 Å². The molecule has 3 aromatic carbocycles. The molecule has 0 bridgehead atoms. The van der Waals surface area contributed by atoms with Crippen LogP contribution in [-0.4, -0.2) is 37.0 Å². The van der Waals surface area contributed by atoms with E-state index in [1.165, 1.54) is 32.4 Å². The first-order valence-electron chi connectivity index (χ1n) is 10.3. The van der Waals surface area contributed by atoms with Crippen LogP contribution >= 0.6 is 23.2 Å². The number of hydrogen-bond donors (Lipinski definition) is 1. The number of methoxy groups -OCH3 is 2. The van der Waals surface area contributed by atoms with Gasteiger partial charge in [-0.05, 0) is 48.5 Å². The van der Waals surface area contributed by atoms with Crippen LogP contribution in [0.1, 0.15) is 31.1 Å². The maximum Gasteiger partial charge on any atom is 0.337 e. The van der Waals surface area contributed by atoms with Gasteiger partial charge >= 0.3 is 11.9 Å². The van der Waals surface area contributed by atoms with Gasteiger partial charge in [-0.25, -0.2) is 14.6 Å². The number of pyridine rings is 1. The molecule has 0 spiro atoms. The third-order valence-corrected chi connectivity index (χ3v) is 5.75. The lowest BCUT2D eigenvalue weighted by Crippen LogP contribution is -2.15. The molecule has 0 aliphatic heterocycles. The molecule has 0 unspecified atom stereocenters. The standard InChI is InChI=1S/C26H18Cl2N2O5/c1-34-25(32)14-9-15(26(33)35-2)11-17(10-14)29-24(31)20-13-23(19-8-7-16(27)12-21(19)28)30-22-6-4-3-5-18(20)22/h3-13H,1-2H3,(H,29,31). The van der Waals surface area contributed by atoms with E-state index in [-0.39, 0.29) is 16.8 Å². The second-order valence-electron chi connectivity index (χ2n) is 7.43. The summed E-state index contributed by atoms with van der Waals surface area (Å²) in [6.45, 7) is 0. The number of anilines is 1. The van der Waals surface area contributed by atoms with E-state index in [9.17, 15) is 14.4 Å². The summed E-state index contributed by atoms with van der Waals surface area (Å²) in [6, 6.07) is 18.0. The Morgan fingerprint density at radius 3 is 2.11 bits per heavy atom. The second kappa shape index (κ2) is 10.1. The molecule has 176 valence electrons. The normalized spacial score (nSPS) is 10.6. The Morgan fingerprint density at radius 2 is 1.49 bits per heavy atom. The number of para-hydroxylation sites is 1. The number of nitrogens with one attached hydrogen (secondary N) is 1. The number of carbonyl (C=O) groups is 3. The van der Waals surface area contributed by atoms with Gasteiger partial charge in [0.1, 0.15) is 0 Å². The van der Waals surface area contributed by atoms with Gasteiger partial charge in [-0.15, -0.1) is 0 Å². The quantitative estimate of drug-likeness (QED) is 0.330. The highest BCUT2D eigenvalue weighted by Gasteiger charge is 2.18. The highest BCUT2D eigenvalue weighted by molar-refractivity contribution is 6.36. The Bertz CT molecular complexity index is 1450. The largest absolute Gasteiger partial charge is 0.465 e. The van der Waals surface area contributed by atoms with E-state index in [0.717, 1.165) is 0 Å². The molecule has 1 N–H and O–H groups in total. The Balaban J connectivity index is 1.80. The molecular formula is C26H18Cl2N2O5. The molecule has 0 atom stereocenters. The second-order valence-corrected chi connectivity index (χ2v) is 8.28. The Kier molecular flexibility index (Phi) is 7.00. The van der Waals surface area contributed by atoms with Crippen LogP contribution in [0.3, 0.4) is 0 Å². The summed E-state index contributed by atoms with van der Waals surface area (Å²) in [7, 11) is 2.44. The number of esters is 2. The molecule has 1 heterocycles. The molecule has 0 aliphatic carbocycles. The number of aromatic nitrogens is 1. The first kappa shape index (κ1) is 24.2. The fourth-order valence-electron chi connectivity index (χ4n) is 3.57. The predicted molar refractivity (Wildman–Crippen MR) is 134 cm³/mol. The number of carbonyl (C=O) groups excluding carboxylic acids is 3. The van der Waals surface area contributed by atoms with Gasteiger partial charge in [0.2, 0.25) is 0 Å². The lowest BCUT2D eigenvalue weighted by molar-refractivity contribution is 0.0599. The molecule has 7 nitrogen and oxygen atoms in total. The van der Waals surface area contributed by atoms with Crippen molar-refractivity contribution in [3.05, 3.63) is 93.5 Å². The van der Waals surface area contributed by atoms with Gasteiger partial charge in [0.15, 0.2) is 0 Å². The molecule has 0 fully saturated rings. The van der Waals surface area contributed by atoms with Crippen LogP contribution in [0.5, 0.6) is 0 Å². The number of fused-ring (bicyclic) bond motifs is 1. The molecule has 0 aliphatic rings. The molecule has 9 heteroatoms. The van der Waals surface area contributed by atoms with Crippen molar-refractivity contribution in [2.45, 2.75) is 0 Å². The minimum atomic E-state index is -0.666. The van der Waals surface area contributed by atoms with Crippen molar-refractivity contribution < 1.29 is 23.9 Å². The lowest BCUT2D eigenvalue weighted by atomic mass is 10.0. The van der Waals surface area contributed by atoms with Gasteiger partial charge in [-0.2, -0.15) is 0 Å². The van der Waals surface area contributed by atoms with Crippen molar-refractivity contribution in [1.82, 2.24) is 4.98 Å². The summed E-state index contributed by atoms with van der Waals surface area (Å²) in [4.78, 5) is 42.3. The Morgan fingerprint density at radius 1 is 0.829 bits per heavy atom. The summed E-state index contributed by atoms with van der Waals surface area (Å²) in [5.41, 5.74) is 2.37. The summed E-state index contributed by atoms with van der Waals surface area (Å²) in [5, 5.41) is 4.23. The van der Waals surface area contributed by atoms with Crippen molar-refractivity contribution in [2.24, 2.45) is 0 Å². The predicted octanol–water partition coefficient (Wildman–Crippen LogP) is 6.03. The van der Waals surface area contributed by atoms with Gasteiger partial charge < -0.3 is 14.8 Å². The highest BCUT2D eigenvalue weighted by Crippen LogP contribution is 2.32. The summed E-state index contributed by atoms with van der Waals surface area (Å²) in [6.07, 6.45) is 0. The molecule has 4 aromatic rings. The number of ether oxygens (including phenoxy) is 2. The third-order valence-electron chi connectivity index (χ3n) is 5.20. The van der Waals surface area contributed by atoms with E-state index in [1.807, 2.05) is 6.07 Å². The number of halogens is 2. The lowest BCUT2D eigenvalue weighted by Gasteiger charge is -2.13. The van der Waals surface area contributed by atoms with Crippen LogP contribution in [0.4, 0.5) is 5.69 Å². The van der Waals surface area contributed by atoms with Crippen molar-refractivity contribution in [2.75, 3.05) is 19.5 Å². The third kappa shape index (κ3) is 5.11. The molecule has 0 radical (unpaired) electrons. The van der Waals surface area contributed by atoms with Crippen LogP contribution in [-0.2, 0) is 9.47 Å². The zero-order chi connectivity index (χ0) is 25.1. The van der Waals surface area contributed by atoms with Crippen molar-refractivity contribution in [3.63, 3.8) is 0 Å². The van der Waals surface area contributed by atoms with E-state index in [2.05, 4.69) is 10.3 Å². The monoisotopic (exact) mass is 508 g/mol. The first-order valence-corrected chi connectivity index (χ1v) is 11.0. The molecule has 1 aromatic heterocycles. The van der Waals surface area contributed by atoms with Crippen LogP contribution in [0.2, 0.25) is 10.0 Å². The van der Waals surface area contributed by atoms with Crippen molar-refractivity contribution in [3.8, 4) is 11.3 Å². The minimum absolute atomic E-state index is 0.0823. The maximum atomic E-state index is 13.4. The van der Waals surface area contributed by atoms with Gasteiger partial charge in [0.05, 0.1) is 47.1 Å². The zero-order valence-corrected chi connectivity index (χ0v) is 20.1. The van der Waals surface area contributed by atoms with E-state index >= 15 is 0 Å². The Labute approximate surface area is 210 Å². The van der Waals surface area contributed by atoms with Crippen LogP contribution < -0.4 is 5.32 Å². The van der Waals surface area contributed by atoms with Crippen LogP contribution in [0.25, 0.3) is 22.2 Å². The smallest absolute Gasteiger partial charge is 0.337 e. The number of benzene rings is 3. The maximum absolute atomic E-state index is 13.4. The molecule has 35 heavy (non-hydrogen) atoms. The number of amides is 1. The van der Waals surface area contributed by atoms with E-state index in [4.69, 9.17) is 32.7 Å². The molecule has 1 amide bonds. The van der Waals surface area contributed by atoms with E-state index in [1.54, 1.807) is 42.5 Å². The van der Waals surface area contributed by atoms with Gasteiger partial charge in [0.25, 0.3) is 5.91 Å². The number of rotatable bonds is 5. The van der Waals surface area contributed by atoms with Crippen LogP contribution in [0.15, 0.2) is 66.7 Å². The average molecular weight is 509 g/mol. The number of hydrogen-bond acceptors (Lipinski definition) is 6.